The van der Waals surface area contributed by atoms with Crippen molar-refractivity contribution in [2.24, 2.45) is 0 Å². The van der Waals surface area contributed by atoms with E-state index in [9.17, 15) is 13.6 Å². The van der Waals surface area contributed by atoms with Crippen molar-refractivity contribution in [2.45, 2.75) is 18.1 Å². The smallest absolute Gasteiger partial charge is 0.387 e. The van der Waals surface area contributed by atoms with E-state index < -0.39 is 6.61 Å². The molecule has 5 nitrogen and oxygen atoms in total. The van der Waals surface area contributed by atoms with E-state index >= 15 is 0 Å². The summed E-state index contributed by atoms with van der Waals surface area (Å²) in [4.78, 5) is 16.6. The number of carbonyl (C=O) groups excluding carboxylic acids is 1. The van der Waals surface area contributed by atoms with E-state index in [1.165, 1.54) is 24.9 Å². The molecule has 1 heterocycles. The number of thioether (sulfide) groups is 1. The molecule has 0 spiro atoms. The Morgan fingerprint density at radius 3 is 2.76 bits per heavy atom. The Bertz CT molecular complexity index is 985. The molecule has 0 unspecified atom stereocenters. The van der Waals surface area contributed by atoms with E-state index in [1.807, 2.05) is 36.4 Å². The summed E-state index contributed by atoms with van der Waals surface area (Å²) >= 11 is 1.37. The van der Waals surface area contributed by atoms with Crippen molar-refractivity contribution in [2.75, 3.05) is 19.4 Å². The van der Waals surface area contributed by atoms with Gasteiger partial charge in [0.05, 0.1) is 23.4 Å². The second-order valence-electron chi connectivity index (χ2n) is 6.09. The van der Waals surface area contributed by atoms with Crippen LogP contribution in [0.5, 0.6) is 11.5 Å². The highest BCUT2D eigenvalue weighted by Gasteiger charge is 2.11. The number of rotatable bonds is 9. The number of alkyl halides is 2. The summed E-state index contributed by atoms with van der Waals surface area (Å²) in [6, 6.07) is 16.4. The van der Waals surface area contributed by atoms with Crippen molar-refractivity contribution < 1.29 is 23.0 Å². The number of hydrogen-bond donors (Lipinski definition) is 1. The standard InChI is InChI=1S/C21H20F2N2O3S/c1-27-18-12-14(6-8-17(18)28-21(22)23)10-11-24-19(26)13-29-20-9-7-15-4-2-3-5-16(15)25-20/h2-9,12,21H,10-11,13H2,1H3,(H,24,26). The summed E-state index contributed by atoms with van der Waals surface area (Å²) in [5, 5.41) is 4.69. The van der Waals surface area contributed by atoms with Crippen LogP contribution in [-0.2, 0) is 11.2 Å². The Kier molecular flexibility index (Phi) is 7.24. The largest absolute Gasteiger partial charge is 0.493 e. The van der Waals surface area contributed by atoms with Crippen molar-refractivity contribution >= 4 is 28.6 Å². The summed E-state index contributed by atoms with van der Waals surface area (Å²) in [5.41, 5.74) is 1.73. The monoisotopic (exact) mass is 418 g/mol. The van der Waals surface area contributed by atoms with Crippen LogP contribution in [0.1, 0.15) is 5.56 Å². The molecule has 1 amide bonds. The SMILES string of the molecule is COc1cc(CCNC(=O)CSc2ccc3ccccc3n2)ccc1OC(F)F. The Labute approximate surface area is 171 Å². The predicted molar refractivity (Wildman–Crippen MR) is 109 cm³/mol. The summed E-state index contributed by atoms with van der Waals surface area (Å²) in [6.45, 7) is -2.49. The van der Waals surface area contributed by atoms with Gasteiger partial charge in [-0.05, 0) is 36.2 Å². The first-order valence-electron chi connectivity index (χ1n) is 8.92. The second-order valence-corrected chi connectivity index (χ2v) is 7.09. The van der Waals surface area contributed by atoms with E-state index in [0.29, 0.717) is 13.0 Å². The summed E-state index contributed by atoms with van der Waals surface area (Å²) in [7, 11) is 1.39. The fourth-order valence-corrected chi connectivity index (χ4v) is 3.43. The number of fused-ring (bicyclic) bond motifs is 1. The Morgan fingerprint density at radius 1 is 1.14 bits per heavy atom. The third-order valence-corrected chi connectivity index (χ3v) is 5.03. The molecule has 3 rings (SSSR count). The number of halogens is 2. The highest BCUT2D eigenvalue weighted by Crippen LogP contribution is 2.29. The van der Waals surface area contributed by atoms with Gasteiger partial charge in [-0.1, -0.05) is 42.1 Å². The van der Waals surface area contributed by atoms with Crippen LogP contribution in [0.2, 0.25) is 0 Å². The molecule has 2 aromatic carbocycles. The number of nitrogens with zero attached hydrogens (tertiary/aromatic N) is 1. The number of para-hydroxylation sites is 1. The minimum absolute atomic E-state index is 0.0189. The Hall–Kier alpha value is -2.87. The molecule has 0 aliphatic carbocycles. The molecule has 1 N–H and O–H groups in total. The first kappa shape index (κ1) is 20.9. The maximum Gasteiger partial charge on any atom is 0.387 e. The van der Waals surface area contributed by atoms with Gasteiger partial charge in [-0.2, -0.15) is 8.78 Å². The molecule has 0 radical (unpaired) electrons. The molecular formula is C21H20F2N2O3S. The fourth-order valence-electron chi connectivity index (χ4n) is 2.73. The fraction of sp³-hybridized carbons (Fsp3) is 0.238. The molecule has 0 fully saturated rings. The number of methoxy groups -OCH3 is 1. The van der Waals surface area contributed by atoms with Crippen molar-refractivity contribution in [3.63, 3.8) is 0 Å². The number of pyridine rings is 1. The average Bonchev–Trinajstić information content (AvgIpc) is 2.72. The molecule has 0 saturated carbocycles. The maximum atomic E-state index is 12.4. The van der Waals surface area contributed by atoms with Crippen molar-refractivity contribution in [1.82, 2.24) is 10.3 Å². The molecule has 1 aromatic heterocycles. The topological polar surface area (TPSA) is 60.5 Å². The second kappa shape index (κ2) is 10.1. The highest BCUT2D eigenvalue weighted by molar-refractivity contribution is 7.99. The Morgan fingerprint density at radius 2 is 1.97 bits per heavy atom. The maximum absolute atomic E-state index is 12.4. The van der Waals surface area contributed by atoms with E-state index in [-0.39, 0.29) is 23.2 Å². The molecule has 0 aliphatic heterocycles. The van der Waals surface area contributed by atoms with Gasteiger partial charge >= 0.3 is 6.61 Å². The van der Waals surface area contributed by atoms with Crippen molar-refractivity contribution in [1.29, 1.82) is 0 Å². The van der Waals surface area contributed by atoms with E-state index in [0.717, 1.165) is 21.5 Å². The van der Waals surface area contributed by atoms with Gasteiger partial charge in [-0.3, -0.25) is 4.79 Å². The number of amides is 1. The molecule has 152 valence electrons. The first-order chi connectivity index (χ1) is 14.0. The van der Waals surface area contributed by atoms with Crippen LogP contribution in [0.25, 0.3) is 10.9 Å². The molecule has 0 aliphatic rings. The summed E-state index contributed by atoms with van der Waals surface area (Å²) in [5.74, 6) is 0.367. The minimum Gasteiger partial charge on any atom is -0.493 e. The zero-order valence-corrected chi connectivity index (χ0v) is 16.5. The van der Waals surface area contributed by atoms with Gasteiger partial charge in [-0.25, -0.2) is 4.98 Å². The molecule has 0 bridgehead atoms. The third-order valence-electron chi connectivity index (χ3n) is 4.10. The van der Waals surface area contributed by atoms with E-state index in [4.69, 9.17) is 4.74 Å². The van der Waals surface area contributed by atoms with Crippen LogP contribution in [-0.4, -0.2) is 36.9 Å². The van der Waals surface area contributed by atoms with Crippen molar-refractivity contribution in [3.05, 3.63) is 60.2 Å². The predicted octanol–water partition coefficient (Wildman–Crippen LogP) is 4.30. The normalized spacial score (nSPS) is 10.9. The van der Waals surface area contributed by atoms with Crippen LogP contribution in [0.3, 0.4) is 0 Å². The third kappa shape index (κ3) is 6.05. The molecule has 29 heavy (non-hydrogen) atoms. The number of aromatic nitrogens is 1. The van der Waals surface area contributed by atoms with Crippen LogP contribution in [0, 0.1) is 0 Å². The van der Waals surface area contributed by atoms with Gasteiger partial charge in [0.1, 0.15) is 0 Å². The van der Waals surface area contributed by atoms with Gasteiger partial charge in [0.15, 0.2) is 11.5 Å². The highest BCUT2D eigenvalue weighted by atomic mass is 32.2. The number of ether oxygens (including phenoxy) is 2. The molecule has 3 aromatic rings. The molecule has 8 heteroatoms. The zero-order valence-electron chi connectivity index (χ0n) is 15.7. The van der Waals surface area contributed by atoms with Crippen LogP contribution in [0.15, 0.2) is 59.6 Å². The van der Waals surface area contributed by atoms with Crippen LogP contribution >= 0.6 is 11.8 Å². The lowest BCUT2D eigenvalue weighted by Crippen LogP contribution is -2.27. The van der Waals surface area contributed by atoms with Gasteiger partial charge in [-0.15, -0.1) is 0 Å². The number of carbonyl (C=O) groups is 1. The number of nitrogens with one attached hydrogen (secondary N) is 1. The molecular weight excluding hydrogens is 398 g/mol. The molecule has 0 atom stereocenters. The Balaban J connectivity index is 1.46. The number of benzene rings is 2. The van der Waals surface area contributed by atoms with Crippen molar-refractivity contribution in [3.8, 4) is 11.5 Å². The van der Waals surface area contributed by atoms with Gasteiger partial charge in [0.2, 0.25) is 5.91 Å². The van der Waals surface area contributed by atoms with Gasteiger partial charge in [0, 0.05) is 11.9 Å². The summed E-state index contributed by atoms with van der Waals surface area (Å²) in [6.07, 6.45) is 0.538. The summed E-state index contributed by atoms with van der Waals surface area (Å²) < 4.78 is 34.2. The lowest BCUT2D eigenvalue weighted by molar-refractivity contribution is -0.118. The zero-order chi connectivity index (χ0) is 20.6. The van der Waals surface area contributed by atoms with Crippen LogP contribution in [0.4, 0.5) is 8.78 Å². The lowest BCUT2D eigenvalue weighted by atomic mass is 10.1. The van der Waals surface area contributed by atoms with E-state index in [2.05, 4.69) is 15.0 Å². The minimum atomic E-state index is -2.91. The average molecular weight is 418 g/mol. The van der Waals surface area contributed by atoms with E-state index in [1.54, 1.807) is 12.1 Å². The molecule has 0 saturated heterocycles. The first-order valence-corrected chi connectivity index (χ1v) is 9.91. The lowest BCUT2D eigenvalue weighted by Gasteiger charge is -2.11. The quantitative estimate of drug-likeness (QED) is 0.525. The van der Waals surface area contributed by atoms with Gasteiger partial charge in [0.25, 0.3) is 0 Å². The van der Waals surface area contributed by atoms with Crippen LogP contribution < -0.4 is 14.8 Å². The van der Waals surface area contributed by atoms with Gasteiger partial charge < -0.3 is 14.8 Å². The number of hydrogen-bond acceptors (Lipinski definition) is 5.